The van der Waals surface area contributed by atoms with E-state index in [2.05, 4.69) is 48.6 Å². The first-order chi connectivity index (χ1) is 13.9. The number of ether oxygens (including phenoxy) is 2. The molecule has 166 valence electrons. The summed E-state index contributed by atoms with van der Waals surface area (Å²) in [7, 11) is 1.97. The molecule has 1 aliphatic rings. The van der Waals surface area contributed by atoms with Gasteiger partial charge in [0.05, 0.1) is 18.8 Å². The van der Waals surface area contributed by atoms with Crippen molar-refractivity contribution in [3.63, 3.8) is 0 Å². The van der Waals surface area contributed by atoms with E-state index in [0.29, 0.717) is 19.7 Å². The van der Waals surface area contributed by atoms with Crippen molar-refractivity contribution < 1.29 is 9.47 Å². The lowest BCUT2D eigenvalue weighted by Gasteiger charge is -2.14. The van der Waals surface area contributed by atoms with Gasteiger partial charge in [-0.15, -0.1) is 24.0 Å². The first-order valence-electron chi connectivity index (χ1n) is 10.4. The van der Waals surface area contributed by atoms with Gasteiger partial charge in [-0.2, -0.15) is 5.10 Å². The van der Waals surface area contributed by atoms with Gasteiger partial charge < -0.3 is 20.1 Å². The summed E-state index contributed by atoms with van der Waals surface area (Å²) in [5, 5.41) is 11.2. The molecule has 8 heteroatoms. The van der Waals surface area contributed by atoms with E-state index in [4.69, 9.17) is 14.5 Å². The molecule has 0 saturated heterocycles. The number of aliphatic imine (C=N–C) groups is 1. The standard InChI is InChI=1S/C22H33N5O2.HI/c1-7-23-22(25-13-19-15(4)26-27(6)16(19)5)24-12-18-11-21-17(9-14(3)29-21)10-20(18)28-8-2;/h10-11,14H,7-9,12-13H2,1-6H3,(H2,23,24,25);1H. The third-order valence-corrected chi connectivity index (χ3v) is 5.22. The zero-order valence-corrected chi connectivity index (χ0v) is 21.2. The van der Waals surface area contributed by atoms with Gasteiger partial charge in [-0.05, 0) is 46.8 Å². The van der Waals surface area contributed by atoms with Crippen LogP contribution in [0.25, 0.3) is 0 Å². The van der Waals surface area contributed by atoms with Crippen LogP contribution in [0, 0.1) is 13.8 Å². The van der Waals surface area contributed by atoms with Crippen LogP contribution in [-0.2, 0) is 26.6 Å². The second-order valence-electron chi connectivity index (χ2n) is 7.45. The number of guanidine groups is 1. The number of benzene rings is 1. The van der Waals surface area contributed by atoms with Crippen molar-refractivity contribution in [3.05, 3.63) is 40.2 Å². The SMILES string of the molecule is CCNC(=NCc1cc2c(cc1OCC)CC(C)O2)NCc1c(C)nn(C)c1C.I. The number of hydrogen-bond acceptors (Lipinski definition) is 4. The van der Waals surface area contributed by atoms with Crippen LogP contribution in [0.15, 0.2) is 17.1 Å². The highest BCUT2D eigenvalue weighted by atomic mass is 127. The molecule has 2 N–H and O–H groups in total. The molecule has 2 aromatic rings. The molecule has 0 aliphatic carbocycles. The molecule has 1 atom stereocenters. The van der Waals surface area contributed by atoms with Crippen LogP contribution < -0.4 is 20.1 Å². The molecule has 3 rings (SSSR count). The Morgan fingerprint density at radius 3 is 2.70 bits per heavy atom. The smallest absolute Gasteiger partial charge is 0.191 e. The van der Waals surface area contributed by atoms with Gasteiger partial charge in [0.2, 0.25) is 0 Å². The van der Waals surface area contributed by atoms with E-state index in [1.807, 2.05) is 25.6 Å². The molecule has 1 aliphatic heterocycles. The van der Waals surface area contributed by atoms with Gasteiger partial charge in [0, 0.05) is 48.9 Å². The van der Waals surface area contributed by atoms with Crippen molar-refractivity contribution in [1.29, 1.82) is 0 Å². The van der Waals surface area contributed by atoms with Crippen LogP contribution in [0.4, 0.5) is 0 Å². The second kappa shape index (κ2) is 10.9. The minimum atomic E-state index is 0. The highest BCUT2D eigenvalue weighted by Crippen LogP contribution is 2.35. The van der Waals surface area contributed by atoms with Crippen molar-refractivity contribution in [1.82, 2.24) is 20.4 Å². The number of aryl methyl sites for hydroxylation is 2. The maximum Gasteiger partial charge on any atom is 0.191 e. The van der Waals surface area contributed by atoms with Crippen LogP contribution in [0.2, 0.25) is 0 Å². The number of rotatable bonds is 7. The third kappa shape index (κ3) is 5.59. The Kier molecular flexibility index (Phi) is 8.81. The van der Waals surface area contributed by atoms with E-state index < -0.39 is 0 Å². The maximum atomic E-state index is 5.92. The second-order valence-corrected chi connectivity index (χ2v) is 7.45. The lowest BCUT2D eigenvalue weighted by molar-refractivity contribution is 0.254. The molecule has 1 aromatic heterocycles. The molecular formula is C22H34IN5O2. The van der Waals surface area contributed by atoms with E-state index in [9.17, 15) is 0 Å². The largest absolute Gasteiger partial charge is 0.494 e. The van der Waals surface area contributed by atoms with Gasteiger partial charge in [-0.25, -0.2) is 4.99 Å². The number of nitrogens with zero attached hydrogens (tertiary/aromatic N) is 3. The highest BCUT2D eigenvalue weighted by molar-refractivity contribution is 14.0. The fraction of sp³-hybridized carbons (Fsp3) is 0.545. The number of nitrogens with one attached hydrogen (secondary N) is 2. The highest BCUT2D eigenvalue weighted by Gasteiger charge is 2.21. The summed E-state index contributed by atoms with van der Waals surface area (Å²) in [6, 6.07) is 4.18. The summed E-state index contributed by atoms with van der Waals surface area (Å²) in [5.41, 5.74) is 5.64. The Balaban J connectivity index is 0.00000320. The van der Waals surface area contributed by atoms with Crippen LogP contribution in [-0.4, -0.2) is 35.0 Å². The van der Waals surface area contributed by atoms with Crippen LogP contribution in [0.1, 0.15) is 48.8 Å². The van der Waals surface area contributed by atoms with Gasteiger partial charge in [0.25, 0.3) is 0 Å². The Morgan fingerprint density at radius 2 is 2.07 bits per heavy atom. The summed E-state index contributed by atoms with van der Waals surface area (Å²) >= 11 is 0. The minimum absolute atomic E-state index is 0. The third-order valence-electron chi connectivity index (χ3n) is 5.22. The van der Waals surface area contributed by atoms with E-state index in [1.54, 1.807) is 0 Å². The Hall–Kier alpha value is -1.97. The average molecular weight is 527 g/mol. The van der Waals surface area contributed by atoms with Gasteiger partial charge in [0.15, 0.2) is 5.96 Å². The Morgan fingerprint density at radius 1 is 1.30 bits per heavy atom. The first-order valence-corrected chi connectivity index (χ1v) is 10.4. The van der Waals surface area contributed by atoms with Gasteiger partial charge >= 0.3 is 0 Å². The number of hydrogen-bond donors (Lipinski definition) is 2. The molecular weight excluding hydrogens is 493 g/mol. The molecule has 0 saturated carbocycles. The lowest BCUT2D eigenvalue weighted by atomic mass is 10.1. The fourth-order valence-corrected chi connectivity index (χ4v) is 3.65. The van der Waals surface area contributed by atoms with E-state index >= 15 is 0 Å². The summed E-state index contributed by atoms with van der Waals surface area (Å²) < 4.78 is 13.7. The molecule has 2 heterocycles. The Labute approximate surface area is 196 Å². The zero-order valence-electron chi connectivity index (χ0n) is 18.8. The number of aromatic nitrogens is 2. The molecule has 1 aromatic carbocycles. The molecule has 0 amide bonds. The summed E-state index contributed by atoms with van der Waals surface area (Å²) in [4.78, 5) is 4.78. The van der Waals surface area contributed by atoms with Gasteiger partial charge in [-0.1, -0.05) is 0 Å². The zero-order chi connectivity index (χ0) is 21.0. The number of halogens is 1. The fourth-order valence-electron chi connectivity index (χ4n) is 3.65. The summed E-state index contributed by atoms with van der Waals surface area (Å²) in [6.07, 6.45) is 1.13. The van der Waals surface area contributed by atoms with Crippen LogP contribution >= 0.6 is 24.0 Å². The average Bonchev–Trinajstić information content (AvgIpc) is 3.15. The molecule has 30 heavy (non-hydrogen) atoms. The van der Waals surface area contributed by atoms with Crippen molar-refractivity contribution >= 4 is 29.9 Å². The van der Waals surface area contributed by atoms with Crippen molar-refractivity contribution in [2.45, 2.75) is 60.2 Å². The lowest BCUT2D eigenvalue weighted by Crippen LogP contribution is -2.37. The summed E-state index contributed by atoms with van der Waals surface area (Å²) in [5.74, 6) is 2.61. The monoisotopic (exact) mass is 527 g/mol. The molecule has 1 unspecified atom stereocenters. The van der Waals surface area contributed by atoms with Crippen LogP contribution in [0.3, 0.4) is 0 Å². The number of fused-ring (bicyclic) bond motifs is 1. The topological polar surface area (TPSA) is 72.7 Å². The molecule has 7 nitrogen and oxygen atoms in total. The van der Waals surface area contributed by atoms with Crippen LogP contribution in [0.5, 0.6) is 11.5 Å². The van der Waals surface area contributed by atoms with Gasteiger partial charge in [0.1, 0.15) is 17.6 Å². The summed E-state index contributed by atoms with van der Waals surface area (Å²) in [6.45, 7) is 12.9. The first kappa shape index (κ1) is 24.3. The van der Waals surface area contributed by atoms with Gasteiger partial charge in [-0.3, -0.25) is 4.68 Å². The van der Waals surface area contributed by atoms with E-state index in [1.165, 1.54) is 11.1 Å². The predicted molar refractivity (Wildman–Crippen MR) is 131 cm³/mol. The van der Waals surface area contributed by atoms with Crippen molar-refractivity contribution in [3.8, 4) is 11.5 Å². The minimum Gasteiger partial charge on any atom is -0.494 e. The van der Waals surface area contributed by atoms with Crippen molar-refractivity contribution in [2.24, 2.45) is 12.0 Å². The molecule has 0 fully saturated rings. The van der Waals surface area contributed by atoms with E-state index in [-0.39, 0.29) is 30.1 Å². The van der Waals surface area contributed by atoms with Crippen molar-refractivity contribution in [2.75, 3.05) is 13.2 Å². The normalized spacial score (nSPS) is 15.3. The predicted octanol–water partition coefficient (Wildman–Crippen LogP) is 3.63. The molecule has 0 bridgehead atoms. The molecule has 0 radical (unpaired) electrons. The quantitative estimate of drug-likeness (QED) is 0.327. The molecule has 0 spiro atoms. The van der Waals surface area contributed by atoms with E-state index in [0.717, 1.165) is 47.4 Å². The maximum absolute atomic E-state index is 5.92. The Bertz CT molecular complexity index is 894.